The van der Waals surface area contributed by atoms with Crippen LogP contribution < -0.4 is 5.73 Å². The van der Waals surface area contributed by atoms with Gasteiger partial charge in [0.05, 0.1) is 0 Å². The molecule has 0 saturated heterocycles. The highest BCUT2D eigenvalue weighted by molar-refractivity contribution is 6.40. The standard InChI is InChI=1S/C19H31BClNO2/c21-18-12-8-16(9-13-18)5-4-15-6-10-17(11-7-15)19(22)3-1-2-14-20(23)24/h8-9,12-13,15,17,19,23-24H,1-7,10-11,14,22H2. The molecule has 0 spiro atoms. The number of benzene rings is 1. The van der Waals surface area contributed by atoms with Crippen LogP contribution in [-0.4, -0.2) is 23.2 Å². The van der Waals surface area contributed by atoms with E-state index in [4.69, 9.17) is 27.4 Å². The highest BCUT2D eigenvalue weighted by Crippen LogP contribution is 2.34. The average Bonchev–Trinajstić information content (AvgIpc) is 2.58. The van der Waals surface area contributed by atoms with Gasteiger partial charge in [0.1, 0.15) is 0 Å². The molecule has 0 aromatic heterocycles. The molecule has 5 heteroatoms. The molecule has 0 bridgehead atoms. The Morgan fingerprint density at radius 2 is 1.75 bits per heavy atom. The van der Waals surface area contributed by atoms with Crippen LogP contribution in [0.4, 0.5) is 0 Å². The molecular formula is C19H31BClNO2. The number of rotatable bonds is 9. The predicted molar refractivity (Wildman–Crippen MR) is 102 cm³/mol. The van der Waals surface area contributed by atoms with E-state index in [0.29, 0.717) is 12.2 Å². The fourth-order valence-corrected chi connectivity index (χ4v) is 4.00. The summed E-state index contributed by atoms with van der Waals surface area (Å²) in [6.07, 6.45) is 10.8. The maximum Gasteiger partial charge on any atom is 0.451 e. The van der Waals surface area contributed by atoms with Gasteiger partial charge >= 0.3 is 7.12 Å². The maximum absolute atomic E-state index is 8.86. The van der Waals surface area contributed by atoms with Crippen molar-refractivity contribution in [2.24, 2.45) is 17.6 Å². The summed E-state index contributed by atoms with van der Waals surface area (Å²) in [6, 6.07) is 8.49. The molecule has 1 aliphatic rings. The van der Waals surface area contributed by atoms with Crippen LogP contribution in [0.2, 0.25) is 11.3 Å². The van der Waals surface area contributed by atoms with Gasteiger partial charge in [-0.3, -0.25) is 0 Å². The molecule has 1 aromatic rings. The molecule has 1 unspecified atom stereocenters. The Morgan fingerprint density at radius 1 is 1.08 bits per heavy atom. The van der Waals surface area contributed by atoms with E-state index in [1.807, 2.05) is 12.1 Å². The molecule has 4 N–H and O–H groups in total. The summed E-state index contributed by atoms with van der Waals surface area (Å²) in [4.78, 5) is 0. The van der Waals surface area contributed by atoms with Crippen LogP contribution in [0.25, 0.3) is 0 Å². The van der Waals surface area contributed by atoms with Crippen LogP contribution in [0.3, 0.4) is 0 Å². The lowest BCUT2D eigenvalue weighted by Crippen LogP contribution is -2.33. The van der Waals surface area contributed by atoms with Crippen LogP contribution in [0.15, 0.2) is 24.3 Å². The minimum atomic E-state index is -1.17. The fourth-order valence-electron chi connectivity index (χ4n) is 3.87. The van der Waals surface area contributed by atoms with Gasteiger partial charge in [0.15, 0.2) is 0 Å². The zero-order valence-corrected chi connectivity index (χ0v) is 15.3. The summed E-state index contributed by atoms with van der Waals surface area (Å²) in [6.45, 7) is 0. The van der Waals surface area contributed by atoms with E-state index in [0.717, 1.165) is 36.6 Å². The number of hydrogen-bond acceptors (Lipinski definition) is 3. The number of halogens is 1. The third-order valence-corrected chi connectivity index (χ3v) is 5.75. The van der Waals surface area contributed by atoms with E-state index in [9.17, 15) is 0 Å². The SMILES string of the molecule is NC(CCCCB(O)O)C1CCC(CCc2ccc(Cl)cc2)CC1. The van der Waals surface area contributed by atoms with Crippen LogP contribution in [-0.2, 0) is 6.42 Å². The van der Waals surface area contributed by atoms with Crippen molar-refractivity contribution in [3.8, 4) is 0 Å². The first-order valence-electron chi connectivity index (χ1n) is 9.40. The zero-order chi connectivity index (χ0) is 17.4. The number of unbranched alkanes of at least 4 members (excludes halogenated alkanes) is 1. The van der Waals surface area contributed by atoms with Crippen molar-refractivity contribution in [1.82, 2.24) is 0 Å². The topological polar surface area (TPSA) is 66.5 Å². The summed E-state index contributed by atoms with van der Waals surface area (Å²) in [5, 5.41) is 18.5. The van der Waals surface area contributed by atoms with Gasteiger partial charge < -0.3 is 15.8 Å². The summed E-state index contributed by atoms with van der Waals surface area (Å²) in [7, 11) is -1.17. The largest absolute Gasteiger partial charge is 0.451 e. The fraction of sp³-hybridized carbons (Fsp3) is 0.684. The van der Waals surface area contributed by atoms with Crippen LogP contribution in [0.1, 0.15) is 56.9 Å². The van der Waals surface area contributed by atoms with Gasteiger partial charge in [-0.25, -0.2) is 0 Å². The van der Waals surface area contributed by atoms with Gasteiger partial charge in [0.25, 0.3) is 0 Å². The molecule has 24 heavy (non-hydrogen) atoms. The average molecular weight is 352 g/mol. The van der Waals surface area contributed by atoms with Crippen molar-refractivity contribution >= 4 is 18.7 Å². The molecule has 0 heterocycles. The lowest BCUT2D eigenvalue weighted by molar-refractivity contribution is 0.227. The third-order valence-electron chi connectivity index (χ3n) is 5.50. The Balaban J connectivity index is 1.61. The van der Waals surface area contributed by atoms with Crippen LogP contribution >= 0.6 is 11.6 Å². The van der Waals surface area contributed by atoms with E-state index in [-0.39, 0.29) is 6.04 Å². The quantitative estimate of drug-likeness (QED) is 0.464. The van der Waals surface area contributed by atoms with E-state index >= 15 is 0 Å². The molecule has 0 aliphatic heterocycles. The number of hydrogen-bond donors (Lipinski definition) is 3. The number of aryl methyl sites for hydroxylation is 1. The summed E-state index contributed by atoms with van der Waals surface area (Å²) >= 11 is 5.93. The second-order valence-electron chi connectivity index (χ2n) is 7.37. The molecule has 2 rings (SSSR count). The minimum Gasteiger partial charge on any atom is -0.427 e. The normalized spacial score (nSPS) is 22.3. The molecule has 0 amide bonds. The Bertz CT molecular complexity index is 461. The lowest BCUT2D eigenvalue weighted by Gasteiger charge is -2.32. The molecule has 0 radical (unpaired) electrons. The minimum absolute atomic E-state index is 0.276. The van der Waals surface area contributed by atoms with Gasteiger partial charge in [-0.15, -0.1) is 0 Å². The van der Waals surface area contributed by atoms with E-state index in [2.05, 4.69) is 12.1 Å². The highest BCUT2D eigenvalue weighted by Gasteiger charge is 2.25. The number of nitrogens with two attached hydrogens (primary N) is 1. The maximum atomic E-state index is 8.86. The van der Waals surface area contributed by atoms with Crippen LogP contribution in [0.5, 0.6) is 0 Å². The van der Waals surface area contributed by atoms with Gasteiger partial charge in [0.2, 0.25) is 0 Å². The summed E-state index contributed by atoms with van der Waals surface area (Å²) in [5.41, 5.74) is 7.73. The van der Waals surface area contributed by atoms with Gasteiger partial charge in [-0.1, -0.05) is 49.4 Å². The van der Waals surface area contributed by atoms with E-state index in [1.165, 1.54) is 37.7 Å². The molecule has 1 aromatic carbocycles. The van der Waals surface area contributed by atoms with E-state index < -0.39 is 7.12 Å². The first-order chi connectivity index (χ1) is 11.5. The molecule has 1 fully saturated rings. The summed E-state index contributed by atoms with van der Waals surface area (Å²) in [5.74, 6) is 1.48. The third kappa shape index (κ3) is 7.14. The monoisotopic (exact) mass is 351 g/mol. The van der Waals surface area contributed by atoms with Gasteiger partial charge in [-0.2, -0.15) is 0 Å². The smallest absolute Gasteiger partial charge is 0.427 e. The molecule has 1 atom stereocenters. The second kappa shape index (κ2) is 10.4. The van der Waals surface area contributed by atoms with Crippen molar-refractivity contribution in [3.05, 3.63) is 34.9 Å². The van der Waals surface area contributed by atoms with Crippen molar-refractivity contribution in [3.63, 3.8) is 0 Å². The van der Waals surface area contributed by atoms with E-state index in [1.54, 1.807) is 0 Å². The van der Waals surface area contributed by atoms with Crippen molar-refractivity contribution in [2.45, 2.75) is 70.1 Å². The second-order valence-corrected chi connectivity index (χ2v) is 7.81. The van der Waals surface area contributed by atoms with Crippen molar-refractivity contribution in [1.29, 1.82) is 0 Å². The predicted octanol–water partition coefficient (Wildman–Crippen LogP) is 4.05. The Hall–Kier alpha value is -0.545. The van der Waals surface area contributed by atoms with Crippen LogP contribution in [0, 0.1) is 11.8 Å². The Morgan fingerprint density at radius 3 is 2.38 bits per heavy atom. The Kier molecular flexibility index (Phi) is 8.61. The molecule has 134 valence electrons. The van der Waals surface area contributed by atoms with Crippen molar-refractivity contribution < 1.29 is 10.0 Å². The van der Waals surface area contributed by atoms with Gasteiger partial charge in [-0.05, 0) is 68.0 Å². The first kappa shape index (κ1) is 19.8. The molecule has 3 nitrogen and oxygen atoms in total. The Labute approximate surface area is 151 Å². The zero-order valence-electron chi connectivity index (χ0n) is 14.5. The highest BCUT2D eigenvalue weighted by atomic mass is 35.5. The molecule has 1 aliphatic carbocycles. The first-order valence-corrected chi connectivity index (χ1v) is 9.78. The van der Waals surface area contributed by atoms with Crippen molar-refractivity contribution in [2.75, 3.05) is 0 Å². The molecular weight excluding hydrogens is 320 g/mol. The van der Waals surface area contributed by atoms with Gasteiger partial charge in [0, 0.05) is 11.1 Å². The molecule has 1 saturated carbocycles. The summed E-state index contributed by atoms with van der Waals surface area (Å²) < 4.78 is 0. The lowest BCUT2D eigenvalue weighted by atomic mass is 9.75.